The standard InChI is InChI=1S/C15H18N2OS/c1-10-17-9-14(19-10)15(16-2)11-3-5-12(6-4-11)18-13-7-8-13/h3-6,9,13,15-16H,7-8H2,1-2H3. The van der Waals surface area contributed by atoms with Crippen LogP contribution in [0.25, 0.3) is 0 Å². The lowest BCUT2D eigenvalue weighted by atomic mass is 10.1. The van der Waals surface area contributed by atoms with E-state index in [0.717, 1.165) is 10.8 Å². The number of benzene rings is 1. The Kier molecular flexibility index (Phi) is 3.53. The van der Waals surface area contributed by atoms with E-state index in [9.17, 15) is 0 Å². The van der Waals surface area contributed by atoms with Gasteiger partial charge in [0.25, 0.3) is 0 Å². The van der Waals surface area contributed by atoms with E-state index in [0.29, 0.717) is 6.10 Å². The molecule has 1 unspecified atom stereocenters. The van der Waals surface area contributed by atoms with Gasteiger partial charge >= 0.3 is 0 Å². The van der Waals surface area contributed by atoms with Crippen molar-refractivity contribution in [2.75, 3.05) is 7.05 Å². The molecule has 2 aromatic rings. The Morgan fingerprint density at radius 3 is 2.58 bits per heavy atom. The number of ether oxygens (including phenoxy) is 1. The minimum atomic E-state index is 0.209. The third-order valence-corrected chi connectivity index (χ3v) is 4.23. The van der Waals surface area contributed by atoms with Gasteiger partial charge in [-0.2, -0.15) is 0 Å². The predicted molar refractivity (Wildman–Crippen MR) is 77.8 cm³/mol. The fourth-order valence-electron chi connectivity index (χ4n) is 2.10. The topological polar surface area (TPSA) is 34.1 Å². The molecular formula is C15H18N2OS. The van der Waals surface area contributed by atoms with Gasteiger partial charge in [0.15, 0.2) is 0 Å². The van der Waals surface area contributed by atoms with Crippen LogP contribution in [0.1, 0.15) is 34.3 Å². The highest BCUT2D eigenvalue weighted by atomic mass is 32.1. The van der Waals surface area contributed by atoms with Gasteiger partial charge in [-0.3, -0.25) is 0 Å². The number of nitrogens with zero attached hydrogens (tertiary/aromatic N) is 1. The number of thiazole rings is 1. The molecule has 0 radical (unpaired) electrons. The molecule has 1 aliphatic carbocycles. The number of rotatable bonds is 5. The first kappa shape index (κ1) is 12.6. The molecule has 1 atom stereocenters. The van der Waals surface area contributed by atoms with Crippen molar-refractivity contribution in [2.45, 2.75) is 31.9 Å². The molecule has 1 aromatic heterocycles. The molecule has 0 bridgehead atoms. The highest BCUT2D eigenvalue weighted by molar-refractivity contribution is 7.11. The quantitative estimate of drug-likeness (QED) is 0.908. The Balaban J connectivity index is 1.78. The van der Waals surface area contributed by atoms with Gasteiger partial charge in [-0.1, -0.05) is 12.1 Å². The lowest BCUT2D eigenvalue weighted by Gasteiger charge is -2.15. The van der Waals surface area contributed by atoms with Gasteiger partial charge in [-0.05, 0) is 44.5 Å². The number of hydrogen-bond acceptors (Lipinski definition) is 4. The number of hydrogen-bond donors (Lipinski definition) is 1. The van der Waals surface area contributed by atoms with E-state index in [1.165, 1.54) is 23.3 Å². The smallest absolute Gasteiger partial charge is 0.119 e. The van der Waals surface area contributed by atoms with Crippen LogP contribution in [0.2, 0.25) is 0 Å². The summed E-state index contributed by atoms with van der Waals surface area (Å²) >= 11 is 1.74. The van der Waals surface area contributed by atoms with Crippen molar-refractivity contribution in [1.29, 1.82) is 0 Å². The highest BCUT2D eigenvalue weighted by Gasteiger charge is 2.23. The van der Waals surface area contributed by atoms with E-state index in [4.69, 9.17) is 4.74 Å². The van der Waals surface area contributed by atoms with Gasteiger partial charge in [0.2, 0.25) is 0 Å². The number of aromatic nitrogens is 1. The van der Waals surface area contributed by atoms with E-state index in [1.54, 1.807) is 11.3 Å². The molecule has 3 nitrogen and oxygen atoms in total. The number of nitrogens with one attached hydrogen (secondary N) is 1. The summed E-state index contributed by atoms with van der Waals surface area (Å²) in [6.45, 7) is 2.04. The molecule has 0 spiro atoms. The van der Waals surface area contributed by atoms with Crippen LogP contribution >= 0.6 is 11.3 Å². The maximum absolute atomic E-state index is 5.77. The second kappa shape index (κ2) is 5.31. The summed E-state index contributed by atoms with van der Waals surface area (Å²) in [6, 6.07) is 8.60. The molecule has 3 rings (SSSR count). The minimum absolute atomic E-state index is 0.209. The molecule has 4 heteroatoms. The Bertz CT molecular complexity index is 546. The zero-order chi connectivity index (χ0) is 13.2. The normalized spacial score (nSPS) is 16.3. The van der Waals surface area contributed by atoms with Crippen molar-refractivity contribution in [1.82, 2.24) is 10.3 Å². The van der Waals surface area contributed by atoms with Gasteiger partial charge in [-0.15, -0.1) is 11.3 Å². The third kappa shape index (κ3) is 2.96. The van der Waals surface area contributed by atoms with Gasteiger partial charge in [0.1, 0.15) is 5.75 Å². The molecule has 1 fully saturated rings. The minimum Gasteiger partial charge on any atom is -0.490 e. The Hall–Kier alpha value is -1.39. The van der Waals surface area contributed by atoms with E-state index in [-0.39, 0.29) is 6.04 Å². The van der Waals surface area contributed by atoms with Crippen LogP contribution in [0, 0.1) is 6.92 Å². The van der Waals surface area contributed by atoms with Crippen molar-refractivity contribution in [3.8, 4) is 5.75 Å². The van der Waals surface area contributed by atoms with Crippen LogP contribution in [0.4, 0.5) is 0 Å². The van der Waals surface area contributed by atoms with Gasteiger partial charge in [0, 0.05) is 11.1 Å². The highest BCUT2D eigenvalue weighted by Crippen LogP contribution is 2.30. The van der Waals surface area contributed by atoms with Gasteiger partial charge < -0.3 is 10.1 Å². The summed E-state index contributed by atoms with van der Waals surface area (Å²) in [5.74, 6) is 0.974. The Morgan fingerprint density at radius 2 is 2.05 bits per heavy atom. The Labute approximate surface area is 117 Å². The van der Waals surface area contributed by atoms with E-state index in [1.807, 2.05) is 20.2 Å². The SMILES string of the molecule is CNC(c1ccc(OC2CC2)cc1)c1cnc(C)s1. The average molecular weight is 274 g/mol. The van der Waals surface area contributed by atoms with Crippen LogP contribution in [-0.2, 0) is 0 Å². The first-order valence-corrected chi connectivity index (χ1v) is 7.44. The summed E-state index contributed by atoms with van der Waals surface area (Å²) in [5, 5.41) is 4.45. The van der Waals surface area contributed by atoms with Crippen LogP contribution < -0.4 is 10.1 Å². The summed E-state index contributed by atoms with van der Waals surface area (Å²) in [6.07, 6.45) is 4.80. The lowest BCUT2D eigenvalue weighted by Crippen LogP contribution is -2.16. The third-order valence-electron chi connectivity index (χ3n) is 3.25. The average Bonchev–Trinajstić information content (AvgIpc) is 3.13. The van der Waals surface area contributed by atoms with E-state index in [2.05, 4.69) is 34.6 Å². The summed E-state index contributed by atoms with van der Waals surface area (Å²) in [4.78, 5) is 5.58. The maximum Gasteiger partial charge on any atom is 0.119 e. The summed E-state index contributed by atoms with van der Waals surface area (Å²) in [5.41, 5.74) is 1.24. The van der Waals surface area contributed by atoms with E-state index >= 15 is 0 Å². The largest absolute Gasteiger partial charge is 0.490 e. The second-order valence-corrected chi connectivity index (χ2v) is 6.16. The molecule has 0 saturated heterocycles. The molecule has 1 heterocycles. The fraction of sp³-hybridized carbons (Fsp3) is 0.400. The van der Waals surface area contributed by atoms with Crippen molar-refractivity contribution < 1.29 is 4.74 Å². The van der Waals surface area contributed by atoms with Crippen LogP contribution in [-0.4, -0.2) is 18.1 Å². The van der Waals surface area contributed by atoms with Crippen LogP contribution in [0.15, 0.2) is 30.5 Å². The molecule has 1 saturated carbocycles. The first-order valence-electron chi connectivity index (χ1n) is 6.62. The maximum atomic E-state index is 5.77. The molecule has 0 aliphatic heterocycles. The van der Waals surface area contributed by atoms with Crippen molar-refractivity contribution in [3.63, 3.8) is 0 Å². The molecule has 1 aliphatic rings. The second-order valence-electron chi connectivity index (χ2n) is 4.89. The fourth-order valence-corrected chi connectivity index (χ4v) is 3.03. The predicted octanol–water partition coefficient (Wildman–Crippen LogP) is 3.30. The van der Waals surface area contributed by atoms with Crippen molar-refractivity contribution >= 4 is 11.3 Å². The van der Waals surface area contributed by atoms with Gasteiger partial charge in [0.05, 0.1) is 17.2 Å². The van der Waals surface area contributed by atoms with Gasteiger partial charge in [-0.25, -0.2) is 4.98 Å². The molecule has 1 aromatic carbocycles. The summed E-state index contributed by atoms with van der Waals surface area (Å²) in [7, 11) is 1.98. The monoisotopic (exact) mass is 274 g/mol. The first-order chi connectivity index (χ1) is 9.26. The molecule has 1 N–H and O–H groups in total. The molecule has 19 heavy (non-hydrogen) atoms. The van der Waals surface area contributed by atoms with E-state index < -0.39 is 0 Å². The van der Waals surface area contributed by atoms with Crippen LogP contribution in [0.5, 0.6) is 5.75 Å². The van der Waals surface area contributed by atoms with Crippen molar-refractivity contribution in [2.24, 2.45) is 0 Å². The van der Waals surface area contributed by atoms with Crippen LogP contribution in [0.3, 0.4) is 0 Å². The lowest BCUT2D eigenvalue weighted by molar-refractivity contribution is 0.303. The molecule has 100 valence electrons. The number of aryl methyl sites for hydroxylation is 1. The zero-order valence-electron chi connectivity index (χ0n) is 11.2. The van der Waals surface area contributed by atoms with Crippen molar-refractivity contribution in [3.05, 3.63) is 45.9 Å². The Morgan fingerprint density at radius 1 is 1.32 bits per heavy atom. The zero-order valence-corrected chi connectivity index (χ0v) is 12.0. The molecular weight excluding hydrogens is 256 g/mol. The molecule has 0 amide bonds. The summed E-state index contributed by atoms with van der Waals surface area (Å²) < 4.78 is 5.77.